The zero-order valence-electron chi connectivity index (χ0n) is 16.9. The molecule has 1 fully saturated rings. The fourth-order valence-electron chi connectivity index (χ4n) is 5.06. The molecule has 0 unspecified atom stereocenters. The summed E-state index contributed by atoms with van der Waals surface area (Å²) in [6, 6.07) is 1.91. The lowest BCUT2D eigenvalue weighted by molar-refractivity contribution is -0.147. The van der Waals surface area contributed by atoms with E-state index in [0.717, 1.165) is 12.1 Å². The molecule has 3 aliphatic carbocycles. The number of allylic oxidation sites excluding steroid dienone is 1. The Morgan fingerprint density at radius 2 is 1.79 bits per heavy atom. The molecule has 0 bridgehead atoms. The number of primary amides is 1. The summed E-state index contributed by atoms with van der Waals surface area (Å²) in [5.74, 6) is -8.31. The van der Waals surface area contributed by atoms with Crippen LogP contribution in [0.5, 0.6) is 5.75 Å². The van der Waals surface area contributed by atoms with Crippen molar-refractivity contribution in [3.8, 4) is 5.75 Å². The van der Waals surface area contributed by atoms with Gasteiger partial charge >= 0.3 is 6.18 Å². The summed E-state index contributed by atoms with van der Waals surface area (Å²) in [6.45, 7) is 3.06. The second-order valence-electron chi connectivity index (χ2n) is 8.37. The van der Waals surface area contributed by atoms with Gasteiger partial charge in [0.05, 0.1) is 11.1 Å². The first kappa shape index (κ1) is 22.6. The van der Waals surface area contributed by atoms with Crippen LogP contribution in [0.2, 0.25) is 0 Å². The first-order chi connectivity index (χ1) is 15.2. The Morgan fingerprint density at radius 3 is 2.36 bits per heavy atom. The molecule has 0 aromatic heterocycles. The fourth-order valence-corrected chi connectivity index (χ4v) is 5.06. The third-order valence-electron chi connectivity index (χ3n) is 6.61. The number of amides is 1. The number of aliphatic hydroxyl groups is 3. The molecule has 0 aliphatic heterocycles. The first-order valence-electron chi connectivity index (χ1n) is 9.79. The van der Waals surface area contributed by atoms with Gasteiger partial charge < -0.3 is 26.2 Å². The van der Waals surface area contributed by atoms with Gasteiger partial charge in [-0.2, -0.15) is 13.2 Å². The molecule has 0 spiro atoms. The number of carbonyl (C=O) groups excluding carboxylic acids is 3. The monoisotopic (exact) mass is 465 g/mol. The number of phenolic OH excluding ortho intramolecular Hbond substituents is 1. The summed E-state index contributed by atoms with van der Waals surface area (Å²) in [5, 5.41) is 42.7. The molecule has 11 heteroatoms. The van der Waals surface area contributed by atoms with Gasteiger partial charge in [-0.3, -0.25) is 14.4 Å². The number of phenols is 1. The number of halogens is 3. The summed E-state index contributed by atoms with van der Waals surface area (Å²) in [5.41, 5.74) is -1.12. The maximum Gasteiger partial charge on any atom is 0.416 e. The fraction of sp³-hybridized carbons (Fsp3) is 0.318. The SMILES string of the molecule is C=C(c1ccc(O)c2c1C[C@H]1C[C@H]3CC(=O)C(C(N)=O)=C(O)[C@@]3(O)C(=O)C1=C2O)C(F)(F)F. The molecular formula is C22H18F3NO7. The molecule has 3 aliphatic rings. The summed E-state index contributed by atoms with van der Waals surface area (Å²) >= 11 is 0. The van der Waals surface area contributed by atoms with E-state index in [1.807, 2.05) is 0 Å². The number of nitrogens with two attached hydrogens (primary N) is 1. The van der Waals surface area contributed by atoms with Crippen molar-refractivity contribution in [3.05, 3.63) is 52.3 Å². The van der Waals surface area contributed by atoms with Gasteiger partial charge in [-0.05, 0) is 36.0 Å². The molecule has 4 rings (SSSR count). The minimum Gasteiger partial charge on any atom is -0.508 e. The number of rotatable bonds is 2. The highest BCUT2D eigenvalue weighted by molar-refractivity contribution is 6.22. The van der Waals surface area contributed by atoms with Crippen LogP contribution < -0.4 is 5.73 Å². The van der Waals surface area contributed by atoms with Crippen LogP contribution in [-0.4, -0.2) is 49.7 Å². The van der Waals surface area contributed by atoms with Crippen LogP contribution >= 0.6 is 0 Å². The Kier molecular flexibility index (Phi) is 4.76. The van der Waals surface area contributed by atoms with Crippen molar-refractivity contribution in [1.29, 1.82) is 0 Å². The van der Waals surface area contributed by atoms with Crippen LogP contribution in [0.25, 0.3) is 11.3 Å². The lowest BCUT2D eigenvalue weighted by Crippen LogP contribution is -2.58. The number of ketones is 2. The van der Waals surface area contributed by atoms with Crippen LogP contribution in [0.15, 0.2) is 35.6 Å². The van der Waals surface area contributed by atoms with Crippen LogP contribution in [0.4, 0.5) is 13.2 Å². The Balaban J connectivity index is 1.94. The van der Waals surface area contributed by atoms with Crippen LogP contribution in [0.1, 0.15) is 29.5 Å². The number of carbonyl (C=O) groups is 3. The summed E-state index contributed by atoms with van der Waals surface area (Å²) in [7, 11) is 0. The Morgan fingerprint density at radius 1 is 1.15 bits per heavy atom. The standard InChI is InChI=1S/C22H18F3NO7/c1-7(22(23,24)25)10-2-3-12(27)15-11(10)5-8-4-9-6-13(28)16(20(26)32)19(31)21(9,33)18(30)14(8)17(15)29/h2-3,8-9,27,29,31,33H,1,4-6H2,(H2,26,32)/t8-,9+,21+/m1/s1. The average Bonchev–Trinajstić information content (AvgIpc) is 2.69. The Labute approximate surface area is 184 Å². The van der Waals surface area contributed by atoms with Crippen molar-refractivity contribution in [3.63, 3.8) is 0 Å². The van der Waals surface area contributed by atoms with E-state index >= 15 is 0 Å². The number of fused-ring (bicyclic) bond motifs is 3. The number of aromatic hydroxyl groups is 1. The lowest BCUT2D eigenvalue weighted by Gasteiger charge is -2.46. The molecule has 3 atom stereocenters. The largest absolute Gasteiger partial charge is 0.508 e. The van der Waals surface area contributed by atoms with Crippen molar-refractivity contribution < 1.29 is 48.0 Å². The van der Waals surface area contributed by atoms with Crippen molar-refractivity contribution in [1.82, 2.24) is 0 Å². The number of hydrogen-bond donors (Lipinski definition) is 5. The minimum absolute atomic E-state index is 0.0958. The molecule has 1 saturated carbocycles. The van der Waals surface area contributed by atoms with Crippen molar-refractivity contribution in [2.24, 2.45) is 17.6 Å². The lowest BCUT2D eigenvalue weighted by atomic mass is 9.59. The normalized spacial score (nSPS) is 27.2. The van der Waals surface area contributed by atoms with Crippen molar-refractivity contribution in [2.75, 3.05) is 0 Å². The number of Topliss-reactive ketones (excluding diaryl/α,β-unsaturated/α-hetero) is 2. The molecule has 1 aromatic rings. The highest BCUT2D eigenvalue weighted by Crippen LogP contribution is 2.53. The van der Waals surface area contributed by atoms with Gasteiger partial charge in [0.15, 0.2) is 11.4 Å². The van der Waals surface area contributed by atoms with E-state index in [9.17, 15) is 48.0 Å². The van der Waals surface area contributed by atoms with E-state index < -0.39 is 87.1 Å². The van der Waals surface area contributed by atoms with E-state index in [2.05, 4.69) is 6.58 Å². The van der Waals surface area contributed by atoms with Gasteiger partial charge in [0.25, 0.3) is 5.91 Å². The molecule has 8 nitrogen and oxygen atoms in total. The van der Waals surface area contributed by atoms with E-state index in [-0.39, 0.29) is 24.0 Å². The second-order valence-corrected chi connectivity index (χ2v) is 8.37. The van der Waals surface area contributed by atoms with E-state index in [1.165, 1.54) is 0 Å². The minimum atomic E-state index is -4.80. The van der Waals surface area contributed by atoms with Gasteiger partial charge in [0.2, 0.25) is 5.78 Å². The summed E-state index contributed by atoms with van der Waals surface area (Å²) in [4.78, 5) is 37.2. The predicted molar refractivity (Wildman–Crippen MR) is 106 cm³/mol. The van der Waals surface area contributed by atoms with Crippen LogP contribution in [-0.2, 0) is 20.8 Å². The third-order valence-corrected chi connectivity index (χ3v) is 6.61. The van der Waals surface area contributed by atoms with Crippen molar-refractivity contribution in [2.45, 2.75) is 31.0 Å². The molecule has 0 heterocycles. The zero-order valence-corrected chi connectivity index (χ0v) is 16.9. The third kappa shape index (κ3) is 2.99. The molecule has 6 N–H and O–H groups in total. The second kappa shape index (κ2) is 6.95. The summed E-state index contributed by atoms with van der Waals surface area (Å²) in [6.07, 6.45) is -5.75. The quantitative estimate of drug-likeness (QED) is 0.418. The number of alkyl halides is 3. The van der Waals surface area contributed by atoms with Crippen molar-refractivity contribution >= 4 is 28.8 Å². The highest BCUT2D eigenvalue weighted by Gasteiger charge is 2.60. The number of benzene rings is 1. The van der Waals surface area contributed by atoms with Gasteiger partial charge in [0, 0.05) is 17.9 Å². The van der Waals surface area contributed by atoms with Gasteiger partial charge in [-0.15, -0.1) is 0 Å². The van der Waals surface area contributed by atoms with E-state index in [0.29, 0.717) is 0 Å². The smallest absolute Gasteiger partial charge is 0.416 e. The highest BCUT2D eigenvalue weighted by atomic mass is 19.4. The van der Waals surface area contributed by atoms with Gasteiger partial charge in [-0.1, -0.05) is 12.6 Å². The molecule has 0 saturated heterocycles. The Bertz CT molecular complexity index is 1230. The average molecular weight is 465 g/mol. The van der Waals surface area contributed by atoms with Crippen LogP contribution in [0, 0.1) is 11.8 Å². The maximum atomic E-state index is 13.3. The molecule has 1 amide bonds. The molecular weight excluding hydrogens is 447 g/mol. The molecule has 33 heavy (non-hydrogen) atoms. The molecule has 174 valence electrons. The molecule has 1 aromatic carbocycles. The van der Waals surface area contributed by atoms with Gasteiger partial charge in [-0.25, -0.2) is 0 Å². The van der Waals surface area contributed by atoms with Crippen LogP contribution in [0.3, 0.4) is 0 Å². The Hall–Kier alpha value is -3.60. The number of aliphatic hydroxyl groups excluding tert-OH is 2. The topological polar surface area (TPSA) is 158 Å². The molecule has 0 radical (unpaired) electrons. The first-order valence-corrected chi connectivity index (χ1v) is 9.79. The van der Waals surface area contributed by atoms with E-state index in [1.54, 1.807) is 0 Å². The summed E-state index contributed by atoms with van der Waals surface area (Å²) < 4.78 is 40.0. The predicted octanol–water partition coefficient (Wildman–Crippen LogP) is 2.00. The zero-order chi connectivity index (χ0) is 24.6. The number of hydrogen-bond acceptors (Lipinski definition) is 7. The maximum absolute atomic E-state index is 13.3. The van der Waals surface area contributed by atoms with Gasteiger partial charge in [0.1, 0.15) is 22.8 Å². The van der Waals surface area contributed by atoms with E-state index in [4.69, 9.17) is 5.73 Å².